The van der Waals surface area contributed by atoms with Crippen LogP contribution in [0.4, 0.5) is 0 Å². The second-order valence-electron chi connectivity index (χ2n) is 14.6. The van der Waals surface area contributed by atoms with Gasteiger partial charge >= 0.3 is 0 Å². The van der Waals surface area contributed by atoms with Crippen LogP contribution < -0.4 is 0 Å². The van der Waals surface area contributed by atoms with Crippen LogP contribution in [0.3, 0.4) is 0 Å². The monoisotopic (exact) mass is 1610 g/mol. The average Bonchev–Trinajstić information content (AvgIpc) is 3.39. The summed E-state index contributed by atoms with van der Waals surface area (Å²) >= 11 is 0. The molecule has 5 aromatic heterocycles. The van der Waals surface area contributed by atoms with E-state index in [2.05, 4.69) is 114 Å². The van der Waals surface area contributed by atoms with Crippen LogP contribution in [-0.2, 0) is 80.4 Å². The van der Waals surface area contributed by atoms with E-state index in [1.807, 2.05) is 146 Å². The van der Waals surface area contributed by atoms with Gasteiger partial charge in [0.1, 0.15) is 6.33 Å². The van der Waals surface area contributed by atoms with Crippen LogP contribution in [0.25, 0.3) is 88.8 Å². The van der Waals surface area contributed by atoms with E-state index in [1.165, 1.54) is 33.4 Å². The van der Waals surface area contributed by atoms with Crippen molar-refractivity contribution in [3.63, 3.8) is 0 Å². The fraction of sp³-hybridized carbons (Fsp3) is 0.0175. The van der Waals surface area contributed by atoms with Crippen molar-refractivity contribution in [2.75, 3.05) is 0 Å². The van der Waals surface area contributed by atoms with Crippen LogP contribution >= 0.6 is 0 Å². The molecule has 0 amide bonds. The second kappa shape index (κ2) is 27.0. The van der Waals surface area contributed by atoms with Gasteiger partial charge in [-0.25, -0.2) is 9.97 Å². The zero-order valence-corrected chi connectivity index (χ0v) is 46.2. The van der Waals surface area contributed by atoms with Gasteiger partial charge in [-0.1, -0.05) is 79.7 Å². The summed E-state index contributed by atoms with van der Waals surface area (Å²) in [6.07, 6.45) is 10.4. The number of para-hydroxylation sites is 2. The summed E-state index contributed by atoms with van der Waals surface area (Å²) in [6, 6.07) is 70.7. The Kier molecular flexibility index (Phi) is 21.0. The topological polar surface area (TPSA) is 103 Å². The first-order valence-corrected chi connectivity index (χ1v) is 20.9. The summed E-state index contributed by atoms with van der Waals surface area (Å²) in [4.78, 5) is 34.6. The minimum atomic E-state index is 0. The van der Waals surface area contributed by atoms with Crippen LogP contribution in [-0.4, -0.2) is 39.9 Å². The van der Waals surface area contributed by atoms with E-state index >= 15 is 0 Å². The Balaban J connectivity index is 0.000000168. The van der Waals surface area contributed by atoms with E-state index in [1.54, 1.807) is 18.6 Å². The maximum atomic E-state index is 4.55. The van der Waals surface area contributed by atoms with E-state index in [9.17, 15) is 0 Å². The molecule has 4 radical (unpaired) electrons. The van der Waals surface area contributed by atoms with Gasteiger partial charge in [0, 0.05) is 123 Å². The molecule has 0 N–H and O–H groups in total. The van der Waals surface area contributed by atoms with E-state index in [4.69, 9.17) is 0 Å². The van der Waals surface area contributed by atoms with Crippen LogP contribution in [0.15, 0.2) is 213 Å². The van der Waals surface area contributed by atoms with Crippen molar-refractivity contribution in [1.29, 1.82) is 0 Å². The summed E-state index contributed by atoms with van der Waals surface area (Å²) in [7, 11) is 0. The molecular formula is C57H38Ir4N8-4. The summed E-state index contributed by atoms with van der Waals surface area (Å²) < 4.78 is 0. The standard InChI is InChI=1S/C16H12N.C15H10N.C14H9N2.C12H7N4.4Ir/c1-12-5-4-8-14(9-12)16-10-13-6-2-3-7-15(13)11-17-16;1-2-6-12(7-3-1)15-10-13-8-4-5-9-14(13)11-16-15;1-2-6-11(7-3-1)14-10-15-12-8-4-5-9-13(12)16-14;1-2-4-9(5-3-1)10-11-12(16-8-15-10)14-7-6-13-11;;;;/h2-7,9-11H,1H3;1-6,8-11H;1-6,8-10H;1-4,6-8H;;;;/q4*-1;;;;. The Morgan fingerprint density at radius 2 is 0.870 bits per heavy atom. The molecule has 0 bridgehead atoms. The summed E-state index contributed by atoms with van der Waals surface area (Å²) in [5.74, 6) is 0. The summed E-state index contributed by atoms with van der Waals surface area (Å²) in [6.45, 7) is 2.08. The maximum Gasteiger partial charge on any atom is 0.172 e. The zero-order chi connectivity index (χ0) is 44.0. The van der Waals surface area contributed by atoms with E-state index in [0.29, 0.717) is 11.2 Å². The van der Waals surface area contributed by atoms with Gasteiger partial charge in [-0.05, 0) is 45.1 Å². The Labute approximate surface area is 455 Å². The van der Waals surface area contributed by atoms with Gasteiger partial charge in [0.2, 0.25) is 0 Å². The Morgan fingerprint density at radius 1 is 0.362 bits per heavy atom. The number of hydrogen-bond acceptors (Lipinski definition) is 8. The number of pyridine rings is 2. The van der Waals surface area contributed by atoms with Crippen LogP contribution in [0, 0.1) is 31.2 Å². The van der Waals surface area contributed by atoms with Crippen LogP contribution in [0.1, 0.15) is 5.56 Å². The predicted octanol–water partition coefficient (Wildman–Crippen LogP) is 12.7. The number of nitrogens with zero attached hydrogens (tertiary/aromatic N) is 8. The normalized spacial score (nSPS) is 9.93. The van der Waals surface area contributed by atoms with Crippen molar-refractivity contribution >= 4 is 43.7 Å². The third kappa shape index (κ3) is 14.1. The predicted molar refractivity (Wildman–Crippen MR) is 260 cm³/mol. The van der Waals surface area contributed by atoms with Gasteiger partial charge in [0.15, 0.2) is 5.65 Å². The first-order chi connectivity index (χ1) is 32.1. The SMILES string of the molecule is Cc1cc[c-]c(-c2cc3ccccc3cn2)c1.[Ir].[Ir].[Ir].[Ir].[c-]1ccccc1-c1cc2ccccc2cn1.[c-]1ccccc1-c1cnc2ccccc2n1.[c-]1ccccc1-c1ncnc2nccnc12. The molecule has 0 aliphatic heterocycles. The van der Waals surface area contributed by atoms with Gasteiger partial charge in [-0.2, -0.15) is 0 Å². The number of aryl methyl sites for hydroxylation is 1. The minimum Gasteiger partial charge on any atom is -0.304 e. The smallest absolute Gasteiger partial charge is 0.172 e. The molecule has 7 aromatic carbocycles. The van der Waals surface area contributed by atoms with Gasteiger partial charge in [-0.3, -0.25) is 19.9 Å². The van der Waals surface area contributed by atoms with Crippen LogP contribution in [0.2, 0.25) is 0 Å². The maximum absolute atomic E-state index is 4.55. The van der Waals surface area contributed by atoms with E-state index in [0.717, 1.165) is 56.1 Å². The molecule has 0 fully saturated rings. The minimum absolute atomic E-state index is 0. The first kappa shape index (κ1) is 53.7. The third-order valence-corrected chi connectivity index (χ3v) is 10.1. The fourth-order valence-corrected chi connectivity index (χ4v) is 6.91. The Bertz CT molecular complexity index is 3350. The summed E-state index contributed by atoms with van der Waals surface area (Å²) in [5.41, 5.74) is 11.9. The molecule has 12 rings (SSSR count). The zero-order valence-electron chi connectivity index (χ0n) is 36.6. The average molecular weight is 1600 g/mol. The molecule has 0 saturated carbocycles. The molecular weight excluding hydrogens is 1570 g/mol. The van der Waals surface area contributed by atoms with E-state index < -0.39 is 0 Å². The van der Waals surface area contributed by atoms with Gasteiger partial charge in [0.05, 0.1) is 16.6 Å². The van der Waals surface area contributed by atoms with E-state index in [-0.39, 0.29) is 80.4 Å². The second-order valence-corrected chi connectivity index (χ2v) is 14.6. The molecule has 12 heteroatoms. The van der Waals surface area contributed by atoms with Crippen molar-refractivity contribution in [1.82, 2.24) is 39.9 Å². The molecule has 5 heterocycles. The molecule has 0 spiro atoms. The quantitative estimate of drug-likeness (QED) is 0.161. The van der Waals surface area contributed by atoms with Crippen molar-refractivity contribution in [2.24, 2.45) is 0 Å². The molecule has 0 aliphatic carbocycles. The van der Waals surface area contributed by atoms with Gasteiger partial charge < -0.3 is 9.97 Å². The molecule has 8 nitrogen and oxygen atoms in total. The molecule has 12 aromatic rings. The van der Waals surface area contributed by atoms with Crippen LogP contribution in [0.5, 0.6) is 0 Å². The number of benzene rings is 7. The van der Waals surface area contributed by atoms with Gasteiger partial charge in [0.25, 0.3) is 0 Å². The third-order valence-electron chi connectivity index (χ3n) is 10.1. The molecule has 0 atom stereocenters. The van der Waals surface area contributed by atoms with Crippen molar-refractivity contribution < 1.29 is 80.4 Å². The number of aromatic nitrogens is 8. The molecule has 0 saturated heterocycles. The Morgan fingerprint density at radius 3 is 1.46 bits per heavy atom. The molecule has 69 heavy (non-hydrogen) atoms. The Hall–Kier alpha value is -6.28. The summed E-state index contributed by atoms with van der Waals surface area (Å²) in [5, 5.41) is 4.77. The van der Waals surface area contributed by atoms with Gasteiger partial charge in [-0.15, -0.1) is 143 Å². The largest absolute Gasteiger partial charge is 0.304 e. The number of rotatable bonds is 4. The van der Waals surface area contributed by atoms with Crippen molar-refractivity contribution in [2.45, 2.75) is 6.92 Å². The van der Waals surface area contributed by atoms with Crippen molar-refractivity contribution in [3.05, 3.63) is 243 Å². The first-order valence-electron chi connectivity index (χ1n) is 20.9. The molecule has 0 unspecified atom stereocenters. The number of hydrogen-bond donors (Lipinski definition) is 0. The number of fused-ring (bicyclic) bond motifs is 4. The molecule has 346 valence electrons. The molecule has 0 aliphatic rings. The van der Waals surface area contributed by atoms with Crippen molar-refractivity contribution in [3.8, 4) is 45.0 Å². The fourth-order valence-electron chi connectivity index (χ4n) is 6.91.